The first-order valence-electron chi connectivity index (χ1n) is 7.59. The van der Waals surface area contributed by atoms with E-state index < -0.39 is 0 Å². The van der Waals surface area contributed by atoms with Gasteiger partial charge < -0.3 is 16.0 Å². The Balaban J connectivity index is 5.16. The number of nitrogens with two attached hydrogens (primary N) is 1. The number of carbonyl (C=O) groups is 2. The molecule has 6 heteroatoms. The highest BCUT2D eigenvalue weighted by Crippen LogP contribution is 2.09. The van der Waals surface area contributed by atoms with Gasteiger partial charge in [-0.25, -0.2) is 0 Å². The van der Waals surface area contributed by atoms with E-state index in [1.807, 2.05) is 44.0 Å². The zero-order valence-electron chi connectivity index (χ0n) is 14.7. The molecule has 0 saturated carbocycles. The molecule has 23 heavy (non-hydrogen) atoms. The summed E-state index contributed by atoms with van der Waals surface area (Å²) >= 11 is 0. The van der Waals surface area contributed by atoms with Crippen molar-refractivity contribution < 1.29 is 9.59 Å². The molecule has 0 aliphatic heterocycles. The van der Waals surface area contributed by atoms with Crippen LogP contribution in [0.2, 0.25) is 0 Å². The minimum Gasteiger partial charge on any atom is -0.400 e. The molecule has 0 saturated heterocycles. The number of hydrogen-bond acceptors (Lipinski definition) is 4. The lowest BCUT2D eigenvalue weighted by Gasteiger charge is -2.25. The molecule has 1 unspecified atom stereocenters. The van der Waals surface area contributed by atoms with Crippen LogP contribution in [-0.4, -0.2) is 44.1 Å². The molecule has 0 rings (SSSR count). The van der Waals surface area contributed by atoms with E-state index in [0.717, 1.165) is 12.7 Å². The number of nitrogens with one attached hydrogen (secondary N) is 1. The van der Waals surface area contributed by atoms with Gasteiger partial charge in [-0.15, -0.1) is 0 Å². The fraction of sp³-hybridized carbons (Fsp3) is 0.471. The van der Waals surface area contributed by atoms with Crippen LogP contribution in [0.25, 0.3) is 0 Å². The molecule has 6 nitrogen and oxygen atoms in total. The average molecular weight is 320 g/mol. The number of rotatable bonds is 9. The molecule has 3 N–H and O–H groups in total. The Labute approximate surface area is 138 Å². The molecule has 0 aromatic carbocycles. The second-order valence-corrected chi connectivity index (χ2v) is 5.32. The molecule has 0 aromatic heterocycles. The Kier molecular flexibility index (Phi) is 10.1. The van der Waals surface area contributed by atoms with Crippen LogP contribution < -0.4 is 11.1 Å². The predicted molar refractivity (Wildman–Crippen MR) is 94.8 cm³/mol. The number of aldehydes is 1. The fourth-order valence-electron chi connectivity index (χ4n) is 2.17. The van der Waals surface area contributed by atoms with Crippen molar-refractivity contribution in [3.8, 4) is 0 Å². The highest BCUT2D eigenvalue weighted by atomic mass is 16.1. The monoisotopic (exact) mass is 320 g/mol. The summed E-state index contributed by atoms with van der Waals surface area (Å²) in [7, 11) is 3.51. The smallest absolute Gasteiger partial charge is 0.211 e. The molecule has 1 amide bonds. The van der Waals surface area contributed by atoms with Crippen molar-refractivity contribution >= 4 is 18.5 Å². The molecule has 0 heterocycles. The molecule has 128 valence electrons. The summed E-state index contributed by atoms with van der Waals surface area (Å²) in [4.78, 5) is 27.9. The summed E-state index contributed by atoms with van der Waals surface area (Å²) in [5.41, 5.74) is 7.43. The molecule has 0 bridgehead atoms. The van der Waals surface area contributed by atoms with Gasteiger partial charge in [0, 0.05) is 31.9 Å². The third-order valence-corrected chi connectivity index (χ3v) is 3.12. The number of nitrogens with zero attached hydrogens (tertiary/aromatic N) is 2. The largest absolute Gasteiger partial charge is 0.400 e. The zero-order valence-corrected chi connectivity index (χ0v) is 14.7. The van der Waals surface area contributed by atoms with Crippen molar-refractivity contribution in [3.63, 3.8) is 0 Å². The van der Waals surface area contributed by atoms with Crippen LogP contribution in [0.1, 0.15) is 27.2 Å². The Hall–Kier alpha value is -2.37. The van der Waals surface area contributed by atoms with Crippen LogP contribution in [0.3, 0.4) is 0 Å². The summed E-state index contributed by atoms with van der Waals surface area (Å²) in [5, 5.41) is 2.59. The third-order valence-electron chi connectivity index (χ3n) is 3.12. The van der Waals surface area contributed by atoms with Gasteiger partial charge in [0.25, 0.3) is 0 Å². The van der Waals surface area contributed by atoms with Gasteiger partial charge in [0.2, 0.25) is 6.41 Å². The fourth-order valence-corrected chi connectivity index (χ4v) is 2.17. The Bertz CT molecular complexity index is 515. The first-order chi connectivity index (χ1) is 10.9. The summed E-state index contributed by atoms with van der Waals surface area (Å²) in [6.07, 6.45) is 7.99. The SMILES string of the molecule is CC/C=C\C(C=O)=C/C(C)CN(C)C(=NC)/C(NC=O)=C(\C)N. The van der Waals surface area contributed by atoms with E-state index in [9.17, 15) is 9.59 Å². The van der Waals surface area contributed by atoms with Crippen LogP contribution in [-0.2, 0) is 9.59 Å². The lowest BCUT2D eigenvalue weighted by Crippen LogP contribution is -2.37. The maximum atomic E-state index is 11.1. The summed E-state index contributed by atoms with van der Waals surface area (Å²) in [6.45, 7) is 6.36. The van der Waals surface area contributed by atoms with Crippen molar-refractivity contribution in [1.82, 2.24) is 10.2 Å². The number of aliphatic imine (C=N–C) groups is 1. The van der Waals surface area contributed by atoms with E-state index in [0.29, 0.717) is 35.8 Å². The topological polar surface area (TPSA) is 87.8 Å². The molecular formula is C17H28N4O2. The minimum absolute atomic E-state index is 0.119. The van der Waals surface area contributed by atoms with Gasteiger partial charge >= 0.3 is 0 Å². The summed E-state index contributed by atoms with van der Waals surface area (Å²) in [5.74, 6) is 0.711. The molecular weight excluding hydrogens is 292 g/mol. The Morgan fingerprint density at radius 3 is 2.48 bits per heavy atom. The van der Waals surface area contributed by atoms with E-state index in [1.54, 1.807) is 14.0 Å². The predicted octanol–water partition coefficient (Wildman–Crippen LogP) is 1.61. The second-order valence-electron chi connectivity index (χ2n) is 5.32. The third kappa shape index (κ3) is 7.44. The molecule has 0 radical (unpaired) electrons. The first-order valence-corrected chi connectivity index (χ1v) is 7.59. The number of amidine groups is 1. The van der Waals surface area contributed by atoms with E-state index in [2.05, 4.69) is 10.3 Å². The number of allylic oxidation sites excluding steroid dienone is 4. The van der Waals surface area contributed by atoms with Crippen LogP contribution in [0.15, 0.2) is 40.2 Å². The normalized spacial score (nSPS) is 15.2. The van der Waals surface area contributed by atoms with E-state index >= 15 is 0 Å². The van der Waals surface area contributed by atoms with Gasteiger partial charge in [0.15, 0.2) is 0 Å². The van der Waals surface area contributed by atoms with Crippen molar-refractivity contribution in [1.29, 1.82) is 0 Å². The van der Waals surface area contributed by atoms with Crippen molar-refractivity contribution in [3.05, 3.63) is 35.2 Å². The number of hydrogen-bond donors (Lipinski definition) is 2. The van der Waals surface area contributed by atoms with Gasteiger partial charge in [-0.2, -0.15) is 0 Å². The van der Waals surface area contributed by atoms with E-state index in [-0.39, 0.29) is 5.92 Å². The molecule has 0 fully saturated rings. The van der Waals surface area contributed by atoms with Crippen molar-refractivity contribution in [2.45, 2.75) is 27.2 Å². The standard InChI is InChI=1S/C17H28N4O2/c1-6-7-8-15(11-22)9-13(2)10-21(5)17(19-4)16(14(3)18)20-12-23/h7-9,11-13H,6,10,18H2,1-5H3,(H,20,23)/b8-7-,15-9+,16-14-,19-17?. The minimum atomic E-state index is 0.119. The highest BCUT2D eigenvalue weighted by molar-refractivity contribution is 5.99. The Morgan fingerprint density at radius 1 is 1.39 bits per heavy atom. The van der Waals surface area contributed by atoms with Gasteiger partial charge in [0.1, 0.15) is 17.8 Å². The van der Waals surface area contributed by atoms with Gasteiger partial charge in [-0.05, 0) is 19.3 Å². The van der Waals surface area contributed by atoms with Gasteiger partial charge in [-0.3, -0.25) is 14.6 Å². The quantitative estimate of drug-likeness (QED) is 0.222. The lowest BCUT2D eigenvalue weighted by molar-refractivity contribution is -0.109. The molecule has 0 spiro atoms. The number of carbonyl (C=O) groups excluding carboxylic acids is 2. The van der Waals surface area contributed by atoms with Crippen molar-refractivity contribution in [2.75, 3.05) is 20.6 Å². The first kappa shape index (κ1) is 20.6. The number of amides is 1. The van der Waals surface area contributed by atoms with Crippen molar-refractivity contribution in [2.24, 2.45) is 16.6 Å². The van der Waals surface area contributed by atoms with Crippen LogP contribution in [0.5, 0.6) is 0 Å². The van der Waals surface area contributed by atoms with E-state index in [1.165, 1.54) is 0 Å². The lowest BCUT2D eigenvalue weighted by atomic mass is 10.1. The second kappa shape index (κ2) is 11.2. The van der Waals surface area contributed by atoms with Crippen LogP contribution >= 0.6 is 0 Å². The maximum absolute atomic E-state index is 11.1. The molecule has 0 aliphatic carbocycles. The van der Waals surface area contributed by atoms with Gasteiger partial charge in [0.05, 0.1) is 0 Å². The molecule has 0 aliphatic rings. The Morgan fingerprint density at radius 2 is 2.04 bits per heavy atom. The van der Waals surface area contributed by atoms with E-state index in [4.69, 9.17) is 5.73 Å². The summed E-state index contributed by atoms with van der Waals surface area (Å²) in [6, 6.07) is 0. The molecule has 0 aromatic rings. The summed E-state index contributed by atoms with van der Waals surface area (Å²) < 4.78 is 0. The number of likely N-dealkylation sites (N-methyl/N-ethyl adjacent to an activating group) is 1. The van der Waals surface area contributed by atoms with Crippen LogP contribution in [0.4, 0.5) is 0 Å². The zero-order chi connectivity index (χ0) is 17.8. The highest BCUT2D eigenvalue weighted by Gasteiger charge is 2.15. The van der Waals surface area contributed by atoms with Crippen LogP contribution in [0, 0.1) is 5.92 Å². The average Bonchev–Trinajstić information content (AvgIpc) is 2.50. The maximum Gasteiger partial charge on any atom is 0.211 e. The molecule has 1 atom stereocenters. The van der Waals surface area contributed by atoms with Gasteiger partial charge in [-0.1, -0.05) is 32.1 Å².